The smallest absolute Gasteiger partial charge is 0.815 e. The molecule has 0 atom stereocenters. The Hall–Kier alpha value is 2.15. The maximum absolute atomic E-state index is 12.0. The van der Waals surface area contributed by atoms with Gasteiger partial charge < -0.3 is 44.1 Å². The monoisotopic (exact) mass is 1500 g/mol. The van der Waals surface area contributed by atoms with Crippen molar-refractivity contribution in [2.24, 2.45) is 0 Å². The topological polar surface area (TPSA) is 92.2 Å². The van der Waals surface area contributed by atoms with Gasteiger partial charge in [0.2, 0.25) is 9.79 Å². The normalized spacial score (nSPS) is 11.4. The van der Waals surface area contributed by atoms with Crippen molar-refractivity contribution in [3.8, 4) is 0 Å². The molecule has 0 bridgehead atoms. The van der Waals surface area contributed by atoms with Gasteiger partial charge in [0.05, 0.1) is 0 Å². The molecular formula is C76H138O4P2S4Zn3+2. The van der Waals surface area contributed by atoms with Crippen LogP contribution in [0.3, 0.4) is 0 Å². The van der Waals surface area contributed by atoms with Crippen molar-refractivity contribution in [3.63, 3.8) is 0 Å². The number of benzene rings is 2. The van der Waals surface area contributed by atoms with Crippen LogP contribution in [0, 0.1) is 0 Å². The molecule has 0 aromatic heterocycles. The summed E-state index contributed by atoms with van der Waals surface area (Å²) in [6.07, 6.45) is 80.5. The third kappa shape index (κ3) is 64.6. The molecular weight excluding hydrogens is 1360 g/mol. The zero-order valence-corrected chi connectivity index (χ0v) is 73.1. The summed E-state index contributed by atoms with van der Waals surface area (Å²) < 4.78 is 0. The molecule has 0 aliphatic rings. The Morgan fingerprint density at radius 3 is 0.573 bits per heavy atom. The summed E-state index contributed by atoms with van der Waals surface area (Å²) in [7, 11) is 1.81. The van der Waals surface area contributed by atoms with E-state index in [1.165, 1.54) is 369 Å². The largest absolute Gasteiger partial charge is 2.00 e. The summed E-state index contributed by atoms with van der Waals surface area (Å²) in [5.41, 5.74) is -2.44. The second-order valence-electron chi connectivity index (χ2n) is 26.2. The van der Waals surface area contributed by atoms with Crippen molar-refractivity contribution in [1.29, 1.82) is 0 Å². The Labute approximate surface area is 611 Å². The molecule has 0 N–H and O–H groups in total. The molecule has 0 amide bonds. The maximum atomic E-state index is 12.0. The van der Waals surface area contributed by atoms with E-state index < -0.39 is 11.4 Å². The first kappa shape index (κ1) is 95.3. The van der Waals surface area contributed by atoms with Crippen LogP contribution in [0.5, 0.6) is 0 Å². The van der Waals surface area contributed by atoms with E-state index in [1.807, 2.05) is 24.3 Å². The second-order valence-corrected chi connectivity index (χ2v) is 37.5. The Kier molecular flexibility index (Phi) is 76.5. The van der Waals surface area contributed by atoms with Crippen molar-refractivity contribution >= 4 is 57.8 Å². The quantitative estimate of drug-likeness (QED) is 0.0215. The first-order chi connectivity index (χ1) is 42.0. The van der Waals surface area contributed by atoms with Gasteiger partial charge in [-0.3, -0.25) is 0 Å². The van der Waals surface area contributed by atoms with Gasteiger partial charge in [0.25, 0.3) is 0 Å². The average Bonchev–Trinajstić information content (AvgIpc) is 3.14. The van der Waals surface area contributed by atoms with Crippen LogP contribution in [0.1, 0.15) is 410 Å². The molecule has 4 nitrogen and oxygen atoms in total. The number of aryl methyl sites for hydroxylation is 2. The molecule has 13 heteroatoms. The molecule has 0 saturated carbocycles. The molecule has 504 valence electrons. The minimum atomic E-state index is -3.82. The van der Waals surface area contributed by atoms with Crippen LogP contribution in [-0.2, 0) is 130 Å². The molecule has 0 heterocycles. The molecule has 0 aliphatic heterocycles. The molecule has 2 aromatic rings. The third-order valence-electron chi connectivity index (χ3n) is 18.0. The van der Waals surface area contributed by atoms with Crippen LogP contribution in [0.25, 0.3) is 0 Å². The standard InChI is InChI=1S/2C38H69O2PS2.3Zn/c2*1-3-5-7-9-11-13-15-17-19-21-23-25-27-29-32-36-33-31-35-38(43-41(39,40)42)37(36)34-30-28-26-24-22-20-18-16-14-12-10-8-6-4-2;;;/h2*31,33,35H,3-30,32,34H2,1-2H3;;;/q2*-2;3*+2. The number of hydrogen-bond acceptors (Lipinski definition) is 6. The summed E-state index contributed by atoms with van der Waals surface area (Å²) in [6.45, 7) is 9.14. The number of hydrogen-bond donors (Lipinski definition) is 0. The Balaban J connectivity index is -0.00000161. The number of unbranched alkanes of at least 4 members (excludes halogenated alkanes) is 52. The molecule has 0 aliphatic carbocycles. The fourth-order valence-corrected chi connectivity index (χ4v) is 18.0. The fourth-order valence-electron chi connectivity index (χ4n) is 12.7. The average molecular weight is 1500 g/mol. The van der Waals surface area contributed by atoms with E-state index in [9.17, 15) is 19.6 Å². The predicted molar refractivity (Wildman–Crippen MR) is 389 cm³/mol. The van der Waals surface area contributed by atoms with Gasteiger partial charge >= 0.3 is 58.4 Å². The summed E-state index contributed by atoms with van der Waals surface area (Å²) >= 11 is 9.56. The Morgan fingerprint density at radius 1 is 0.247 bits per heavy atom. The molecule has 2 aromatic carbocycles. The van der Waals surface area contributed by atoms with Crippen molar-refractivity contribution in [2.45, 2.75) is 423 Å². The van der Waals surface area contributed by atoms with Crippen LogP contribution >= 0.6 is 11.4 Å². The van der Waals surface area contributed by atoms with Crippen LogP contribution < -0.4 is 19.6 Å². The molecule has 0 spiro atoms. The van der Waals surface area contributed by atoms with E-state index in [0.29, 0.717) is 0 Å². The third-order valence-corrected chi connectivity index (χ3v) is 23.5. The van der Waals surface area contributed by atoms with Gasteiger partial charge in [0.15, 0.2) is 0 Å². The van der Waals surface area contributed by atoms with E-state index in [2.05, 4.69) is 39.8 Å². The van der Waals surface area contributed by atoms with Crippen LogP contribution in [-0.4, -0.2) is 0 Å². The molecule has 0 fully saturated rings. The molecule has 0 radical (unpaired) electrons. The van der Waals surface area contributed by atoms with E-state index >= 15 is 0 Å². The van der Waals surface area contributed by atoms with Gasteiger partial charge in [0.1, 0.15) is 21.9 Å². The van der Waals surface area contributed by atoms with E-state index in [4.69, 9.17) is 24.5 Å². The first-order valence-electron chi connectivity index (χ1n) is 37.6. The van der Waals surface area contributed by atoms with Crippen LogP contribution in [0.4, 0.5) is 0 Å². The molecule has 0 saturated heterocycles. The van der Waals surface area contributed by atoms with E-state index in [1.54, 1.807) is 0 Å². The molecule has 89 heavy (non-hydrogen) atoms. The number of rotatable bonds is 62. The van der Waals surface area contributed by atoms with Crippen molar-refractivity contribution in [3.05, 3.63) is 58.7 Å². The SMILES string of the molecule is CCCCCCCCCCCCCCCCc1cccc([S+]=P([O-])([O-])[S-])c1CCCCCCCCCCCCCCCC.CCCCCCCCCCCCCCCCc1cccc([S+]=P([O-])([O-])[S-])c1CCCCCCCCCCCCCCCC.[Zn+2].[Zn+2].[Zn+2]. The zero-order valence-electron chi connectivity index (χ0n) is 59.2. The molecule has 2 rings (SSSR count). The minimum absolute atomic E-state index is 0. The van der Waals surface area contributed by atoms with Crippen molar-refractivity contribution in [2.75, 3.05) is 0 Å². The maximum Gasteiger partial charge on any atom is 2.00 e. The second kappa shape index (κ2) is 71.4. The Bertz CT molecular complexity index is 1750. The van der Waals surface area contributed by atoms with Gasteiger partial charge in [-0.2, -0.15) is 0 Å². The van der Waals surface area contributed by atoms with Gasteiger partial charge in [0, 0.05) is 23.3 Å². The van der Waals surface area contributed by atoms with Crippen molar-refractivity contribution in [1.82, 2.24) is 0 Å². The summed E-state index contributed by atoms with van der Waals surface area (Å²) in [5, 5.41) is 0. The molecule has 0 unspecified atom stereocenters. The van der Waals surface area contributed by atoms with Crippen LogP contribution in [0.15, 0.2) is 46.2 Å². The van der Waals surface area contributed by atoms with Crippen molar-refractivity contribution < 1.29 is 78.0 Å². The summed E-state index contributed by atoms with van der Waals surface area (Å²) in [4.78, 5) is 49.6. The van der Waals surface area contributed by atoms with Gasteiger partial charge in [-0.05, 0) is 62.5 Å². The first-order valence-corrected chi connectivity index (χ1v) is 45.7. The zero-order chi connectivity index (χ0) is 62.5. The van der Waals surface area contributed by atoms with E-state index in [-0.39, 0.29) is 58.4 Å². The predicted octanol–water partition coefficient (Wildman–Crippen LogP) is 24.2. The van der Waals surface area contributed by atoms with Gasteiger partial charge in [-0.25, -0.2) is 0 Å². The van der Waals surface area contributed by atoms with Crippen LogP contribution in [0.2, 0.25) is 0 Å². The fraction of sp³-hybridized carbons (Fsp3) is 0.842. The minimum Gasteiger partial charge on any atom is -0.815 e. The summed E-state index contributed by atoms with van der Waals surface area (Å²) in [6, 6.07) is 12.4. The summed E-state index contributed by atoms with van der Waals surface area (Å²) in [5.74, 6) is 0. The van der Waals surface area contributed by atoms with Gasteiger partial charge in [-0.1, -0.05) is 386 Å². The van der Waals surface area contributed by atoms with Gasteiger partial charge in [-0.15, -0.1) is 11.4 Å². The Morgan fingerprint density at radius 2 is 0.404 bits per heavy atom. The van der Waals surface area contributed by atoms with E-state index in [0.717, 1.165) is 70.2 Å².